The maximum atomic E-state index is 12.5. The van der Waals surface area contributed by atoms with Crippen LogP contribution in [0.25, 0.3) is 10.2 Å². The molecule has 3 rings (SSSR count). The molecule has 0 saturated carbocycles. The predicted molar refractivity (Wildman–Crippen MR) is 106 cm³/mol. The standard InChI is InChI=1S/C20H22N2O4S/c1-24-15-11-10-13(18(25-2)19(15)26-3)20(23)21-12-6-9-17-22-14-7-4-5-8-16(14)27-17/h4-5,7-8,10-11H,6,9,12H2,1-3H3,(H,21,23). The Balaban J connectivity index is 1.60. The highest BCUT2D eigenvalue weighted by Crippen LogP contribution is 2.39. The number of hydrogen-bond acceptors (Lipinski definition) is 6. The fraction of sp³-hybridized carbons (Fsp3) is 0.300. The van der Waals surface area contributed by atoms with Gasteiger partial charge in [0.2, 0.25) is 5.75 Å². The number of nitrogens with zero attached hydrogens (tertiary/aromatic N) is 1. The molecule has 0 unspecified atom stereocenters. The minimum absolute atomic E-state index is 0.211. The zero-order valence-corrected chi connectivity index (χ0v) is 16.4. The van der Waals surface area contributed by atoms with E-state index in [2.05, 4.69) is 16.4 Å². The van der Waals surface area contributed by atoms with Gasteiger partial charge in [-0.05, 0) is 30.7 Å². The molecule has 6 nitrogen and oxygen atoms in total. The molecular formula is C20H22N2O4S. The van der Waals surface area contributed by atoms with Gasteiger partial charge in [-0.3, -0.25) is 4.79 Å². The predicted octanol–water partition coefficient (Wildman–Crippen LogP) is 3.68. The molecule has 0 atom stereocenters. The first-order chi connectivity index (χ1) is 13.2. The summed E-state index contributed by atoms with van der Waals surface area (Å²) in [5, 5.41) is 4.01. The Morgan fingerprint density at radius 2 is 1.81 bits per heavy atom. The molecule has 0 saturated heterocycles. The number of nitrogens with one attached hydrogen (secondary N) is 1. The van der Waals surface area contributed by atoms with Gasteiger partial charge in [0.1, 0.15) is 0 Å². The van der Waals surface area contributed by atoms with Crippen molar-refractivity contribution in [2.24, 2.45) is 0 Å². The van der Waals surface area contributed by atoms with Crippen molar-refractivity contribution in [2.75, 3.05) is 27.9 Å². The fourth-order valence-electron chi connectivity index (χ4n) is 2.84. The molecule has 0 aliphatic heterocycles. The van der Waals surface area contributed by atoms with Crippen LogP contribution < -0.4 is 19.5 Å². The molecule has 142 valence electrons. The lowest BCUT2D eigenvalue weighted by Crippen LogP contribution is -2.25. The van der Waals surface area contributed by atoms with Gasteiger partial charge in [0.05, 0.1) is 42.1 Å². The van der Waals surface area contributed by atoms with E-state index in [-0.39, 0.29) is 5.91 Å². The maximum Gasteiger partial charge on any atom is 0.255 e. The van der Waals surface area contributed by atoms with Gasteiger partial charge in [0.15, 0.2) is 11.5 Å². The van der Waals surface area contributed by atoms with Crippen LogP contribution in [0.2, 0.25) is 0 Å². The zero-order chi connectivity index (χ0) is 19.2. The molecule has 27 heavy (non-hydrogen) atoms. The van der Waals surface area contributed by atoms with Gasteiger partial charge in [0, 0.05) is 13.0 Å². The number of aromatic nitrogens is 1. The number of hydrogen-bond donors (Lipinski definition) is 1. The number of benzene rings is 2. The minimum atomic E-state index is -0.211. The summed E-state index contributed by atoms with van der Waals surface area (Å²) < 4.78 is 17.1. The molecule has 1 heterocycles. The van der Waals surface area contributed by atoms with Crippen LogP contribution in [0.5, 0.6) is 17.2 Å². The minimum Gasteiger partial charge on any atom is -0.493 e. The molecule has 1 N–H and O–H groups in total. The molecular weight excluding hydrogens is 364 g/mol. The van der Waals surface area contributed by atoms with Crippen molar-refractivity contribution in [3.05, 3.63) is 47.0 Å². The number of para-hydroxylation sites is 1. The van der Waals surface area contributed by atoms with Crippen LogP contribution in [-0.4, -0.2) is 38.8 Å². The number of ether oxygens (including phenoxy) is 3. The Labute approximate surface area is 162 Å². The third kappa shape index (κ3) is 4.14. The van der Waals surface area contributed by atoms with E-state index in [1.54, 1.807) is 30.6 Å². The van der Waals surface area contributed by atoms with E-state index in [1.807, 2.05) is 18.2 Å². The average Bonchev–Trinajstić information content (AvgIpc) is 3.12. The van der Waals surface area contributed by atoms with Crippen LogP contribution >= 0.6 is 11.3 Å². The lowest BCUT2D eigenvalue weighted by molar-refractivity contribution is 0.0949. The summed E-state index contributed by atoms with van der Waals surface area (Å²) in [6.45, 7) is 0.548. The number of aryl methyl sites for hydroxylation is 1. The SMILES string of the molecule is COc1ccc(C(=O)NCCCc2nc3ccccc3s2)c(OC)c1OC. The highest BCUT2D eigenvalue weighted by Gasteiger charge is 2.20. The van der Waals surface area contributed by atoms with Gasteiger partial charge in [-0.2, -0.15) is 0 Å². The molecule has 0 spiro atoms. The van der Waals surface area contributed by atoms with Gasteiger partial charge in [-0.1, -0.05) is 12.1 Å². The molecule has 0 aliphatic carbocycles. The van der Waals surface area contributed by atoms with Gasteiger partial charge in [0.25, 0.3) is 5.91 Å². The van der Waals surface area contributed by atoms with Crippen molar-refractivity contribution in [3.8, 4) is 17.2 Å². The molecule has 0 fully saturated rings. The topological polar surface area (TPSA) is 69.7 Å². The van der Waals surface area contributed by atoms with E-state index in [0.29, 0.717) is 29.4 Å². The third-order valence-electron chi connectivity index (χ3n) is 4.14. The normalized spacial score (nSPS) is 10.6. The molecule has 0 aliphatic rings. The van der Waals surface area contributed by atoms with Crippen molar-refractivity contribution in [2.45, 2.75) is 12.8 Å². The van der Waals surface area contributed by atoms with E-state index in [4.69, 9.17) is 14.2 Å². The van der Waals surface area contributed by atoms with Crippen molar-refractivity contribution in [1.82, 2.24) is 10.3 Å². The van der Waals surface area contributed by atoms with Crippen molar-refractivity contribution in [3.63, 3.8) is 0 Å². The van der Waals surface area contributed by atoms with E-state index in [0.717, 1.165) is 23.4 Å². The monoisotopic (exact) mass is 386 g/mol. The van der Waals surface area contributed by atoms with Crippen LogP contribution in [0.15, 0.2) is 36.4 Å². The first kappa shape index (κ1) is 19.0. The first-order valence-electron chi connectivity index (χ1n) is 8.59. The lowest BCUT2D eigenvalue weighted by Gasteiger charge is -2.15. The number of methoxy groups -OCH3 is 3. The number of rotatable bonds is 8. The van der Waals surface area contributed by atoms with Crippen LogP contribution in [0, 0.1) is 0 Å². The second kappa shape index (κ2) is 8.73. The Bertz CT molecular complexity index is 906. The molecule has 0 bridgehead atoms. The molecule has 2 aromatic carbocycles. The number of amides is 1. The summed E-state index contributed by atoms with van der Waals surface area (Å²) in [4.78, 5) is 17.2. The summed E-state index contributed by atoms with van der Waals surface area (Å²) in [7, 11) is 4.56. The largest absolute Gasteiger partial charge is 0.493 e. The van der Waals surface area contributed by atoms with Crippen LogP contribution in [0.3, 0.4) is 0 Å². The molecule has 1 aromatic heterocycles. The Hall–Kier alpha value is -2.80. The van der Waals surface area contributed by atoms with Crippen LogP contribution in [0.4, 0.5) is 0 Å². The first-order valence-corrected chi connectivity index (χ1v) is 9.41. The zero-order valence-electron chi connectivity index (χ0n) is 15.6. The molecule has 1 amide bonds. The quantitative estimate of drug-likeness (QED) is 0.598. The average molecular weight is 386 g/mol. The summed E-state index contributed by atoms with van der Waals surface area (Å²) in [5.41, 5.74) is 1.44. The maximum absolute atomic E-state index is 12.5. The van der Waals surface area contributed by atoms with Crippen molar-refractivity contribution < 1.29 is 19.0 Å². The third-order valence-corrected chi connectivity index (χ3v) is 5.24. The lowest BCUT2D eigenvalue weighted by atomic mass is 10.1. The van der Waals surface area contributed by atoms with Gasteiger partial charge in [-0.15, -0.1) is 11.3 Å². The summed E-state index contributed by atoms with van der Waals surface area (Å²) in [6.07, 6.45) is 1.63. The van der Waals surface area contributed by atoms with E-state index in [9.17, 15) is 4.79 Å². The second-order valence-corrected chi connectivity index (χ2v) is 6.93. The highest BCUT2D eigenvalue weighted by molar-refractivity contribution is 7.18. The Kier molecular flexibility index (Phi) is 6.13. The van der Waals surface area contributed by atoms with Crippen molar-refractivity contribution >= 4 is 27.5 Å². The Morgan fingerprint density at radius 3 is 2.52 bits per heavy atom. The van der Waals surface area contributed by atoms with Crippen LogP contribution in [0.1, 0.15) is 21.8 Å². The number of carbonyl (C=O) groups excluding carboxylic acids is 1. The number of carbonyl (C=O) groups is 1. The Morgan fingerprint density at radius 1 is 1.04 bits per heavy atom. The number of fused-ring (bicyclic) bond motifs is 1. The fourth-order valence-corrected chi connectivity index (χ4v) is 3.85. The smallest absolute Gasteiger partial charge is 0.255 e. The number of thiazole rings is 1. The molecule has 3 aromatic rings. The van der Waals surface area contributed by atoms with Crippen molar-refractivity contribution in [1.29, 1.82) is 0 Å². The highest BCUT2D eigenvalue weighted by atomic mass is 32.1. The van der Waals surface area contributed by atoms with E-state index < -0.39 is 0 Å². The summed E-state index contributed by atoms with van der Waals surface area (Å²) >= 11 is 1.69. The molecule has 0 radical (unpaired) electrons. The summed E-state index contributed by atoms with van der Waals surface area (Å²) in [6, 6.07) is 11.5. The van der Waals surface area contributed by atoms with E-state index in [1.165, 1.54) is 18.9 Å². The van der Waals surface area contributed by atoms with Crippen LogP contribution in [-0.2, 0) is 6.42 Å². The van der Waals surface area contributed by atoms with E-state index >= 15 is 0 Å². The van der Waals surface area contributed by atoms with Gasteiger partial charge < -0.3 is 19.5 Å². The molecule has 7 heteroatoms. The van der Waals surface area contributed by atoms with Gasteiger partial charge in [-0.25, -0.2) is 4.98 Å². The second-order valence-electron chi connectivity index (χ2n) is 5.82. The van der Waals surface area contributed by atoms with Gasteiger partial charge >= 0.3 is 0 Å². The summed E-state index contributed by atoms with van der Waals surface area (Å²) in [5.74, 6) is 1.07.